The van der Waals surface area contributed by atoms with Crippen LogP contribution in [0.15, 0.2) is 0 Å². The first-order valence-corrected chi connectivity index (χ1v) is 5.18. The standard InChI is InChI=1S/C10H18O8/c1-9(15,5-11)7(13)17-3-4-18-8(14)10(2,16)6-12/h11-12,15-16H,3-6H2,1-2H3. The summed E-state index contributed by atoms with van der Waals surface area (Å²) in [5.74, 6) is -2.12. The summed E-state index contributed by atoms with van der Waals surface area (Å²) in [6, 6.07) is 0. The van der Waals surface area contributed by atoms with Gasteiger partial charge in [0, 0.05) is 0 Å². The van der Waals surface area contributed by atoms with Gasteiger partial charge in [-0.1, -0.05) is 0 Å². The maximum atomic E-state index is 11.1. The maximum absolute atomic E-state index is 11.1. The van der Waals surface area contributed by atoms with Gasteiger partial charge in [0.25, 0.3) is 0 Å². The molecule has 0 aromatic rings. The molecule has 0 radical (unpaired) electrons. The molecule has 4 N–H and O–H groups in total. The highest BCUT2D eigenvalue weighted by Crippen LogP contribution is 2.06. The molecule has 0 spiro atoms. The molecule has 0 fully saturated rings. The van der Waals surface area contributed by atoms with E-state index >= 15 is 0 Å². The van der Waals surface area contributed by atoms with Crippen LogP contribution in [0.3, 0.4) is 0 Å². The average molecular weight is 266 g/mol. The van der Waals surface area contributed by atoms with Gasteiger partial charge in [-0.2, -0.15) is 0 Å². The number of esters is 2. The minimum Gasteiger partial charge on any atom is -0.460 e. The molecule has 0 amide bonds. The van der Waals surface area contributed by atoms with Gasteiger partial charge in [0.2, 0.25) is 0 Å². The smallest absolute Gasteiger partial charge is 0.340 e. The Morgan fingerprint density at radius 2 is 1.17 bits per heavy atom. The van der Waals surface area contributed by atoms with E-state index in [9.17, 15) is 19.8 Å². The fourth-order valence-corrected chi connectivity index (χ4v) is 0.709. The molecule has 0 rings (SSSR count). The Balaban J connectivity index is 3.96. The molecule has 8 nitrogen and oxygen atoms in total. The number of hydrogen-bond acceptors (Lipinski definition) is 8. The minimum atomic E-state index is -2.01. The van der Waals surface area contributed by atoms with Gasteiger partial charge < -0.3 is 29.9 Å². The summed E-state index contributed by atoms with van der Waals surface area (Å²) >= 11 is 0. The van der Waals surface area contributed by atoms with E-state index in [1.165, 1.54) is 0 Å². The third-order valence-corrected chi connectivity index (χ3v) is 2.04. The van der Waals surface area contributed by atoms with Gasteiger partial charge >= 0.3 is 11.9 Å². The highest BCUT2D eigenvalue weighted by molar-refractivity contribution is 5.79. The first kappa shape index (κ1) is 16.8. The van der Waals surface area contributed by atoms with E-state index in [0.717, 1.165) is 13.8 Å². The van der Waals surface area contributed by atoms with Crippen LogP contribution >= 0.6 is 0 Å². The predicted molar refractivity (Wildman–Crippen MR) is 57.3 cm³/mol. The Bertz CT molecular complexity index is 266. The van der Waals surface area contributed by atoms with E-state index in [0.29, 0.717) is 0 Å². The van der Waals surface area contributed by atoms with Gasteiger partial charge in [-0.3, -0.25) is 0 Å². The molecule has 0 aliphatic carbocycles. The van der Waals surface area contributed by atoms with Crippen LogP contribution in [0.5, 0.6) is 0 Å². The summed E-state index contributed by atoms with van der Waals surface area (Å²) in [4.78, 5) is 22.3. The molecule has 2 atom stereocenters. The normalized spacial score (nSPS) is 17.4. The summed E-state index contributed by atoms with van der Waals surface area (Å²) in [5, 5.41) is 35.8. The predicted octanol–water partition coefficient (Wildman–Crippen LogP) is -2.44. The Morgan fingerprint density at radius 1 is 0.889 bits per heavy atom. The van der Waals surface area contributed by atoms with E-state index in [1.54, 1.807) is 0 Å². The van der Waals surface area contributed by atoms with Crippen LogP contribution in [0.4, 0.5) is 0 Å². The van der Waals surface area contributed by atoms with Gasteiger partial charge in [-0.15, -0.1) is 0 Å². The molecule has 0 saturated heterocycles. The largest absolute Gasteiger partial charge is 0.460 e. The van der Waals surface area contributed by atoms with E-state index in [-0.39, 0.29) is 13.2 Å². The fraction of sp³-hybridized carbons (Fsp3) is 0.800. The lowest BCUT2D eigenvalue weighted by molar-refractivity contribution is -0.176. The van der Waals surface area contributed by atoms with Crippen LogP contribution in [0.2, 0.25) is 0 Å². The maximum Gasteiger partial charge on any atom is 0.340 e. The van der Waals surface area contributed by atoms with Crippen molar-refractivity contribution in [2.45, 2.75) is 25.0 Å². The molecule has 0 aromatic heterocycles. The summed E-state index contributed by atoms with van der Waals surface area (Å²) in [5.41, 5.74) is -4.03. The summed E-state index contributed by atoms with van der Waals surface area (Å²) in [6.45, 7) is -0.157. The minimum absolute atomic E-state index is 0.345. The molecule has 0 aliphatic heterocycles. The quantitative estimate of drug-likeness (QED) is 0.295. The van der Waals surface area contributed by atoms with Crippen molar-refractivity contribution in [2.75, 3.05) is 26.4 Å². The number of aliphatic hydroxyl groups excluding tert-OH is 2. The molecule has 0 bridgehead atoms. The number of ether oxygens (including phenoxy) is 2. The second-order valence-corrected chi connectivity index (χ2v) is 4.14. The third-order valence-electron chi connectivity index (χ3n) is 2.04. The van der Waals surface area contributed by atoms with Crippen molar-refractivity contribution < 1.29 is 39.5 Å². The van der Waals surface area contributed by atoms with Crippen LogP contribution in [-0.4, -0.2) is 70.0 Å². The van der Waals surface area contributed by atoms with E-state index < -0.39 is 36.4 Å². The van der Waals surface area contributed by atoms with Gasteiger partial charge in [0.15, 0.2) is 11.2 Å². The van der Waals surface area contributed by atoms with Crippen molar-refractivity contribution in [3.8, 4) is 0 Å². The lowest BCUT2D eigenvalue weighted by Crippen LogP contribution is -2.42. The first-order valence-electron chi connectivity index (χ1n) is 5.18. The SMILES string of the molecule is CC(O)(CO)C(=O)OCCOC(=O)C(C)(O)CO. The molecule has 0 saturated carbocycles. The number of hydrogen-bond donors (Lipinski definition) is 4. The van der Waals surface area contributed by atoms with Crippen molar-refractivity contribution in [2.24, 2.45) is 0 Å². The van der Waals surface area contributed by atoms with E-state index in [2.05, 4.69) is 9.47 Å². The average Bonchev–Trinajstić information content (AvgIpc) is 2.33. The second kappa shape index (κ2) is 6.64. The fourth-order valence-electron chi connectivity index (χ4n) is 0.709. The highest BCUT2D eigenvalue weighted by Gasteiger charge is 2.32. The molecular formula is C10H18O8. The van der Waals surface area contributed by atoms with Crippen LogP contribution in [0.1, 0.15) is 13.8 Å². The Morgan fingerprint density at radius 3 is 1.39 bits per heavy atom. The summed E-state index contributed by atoms with van der Waals surface area (Å²) in [6.07, 6.45) is 0. The van der Waals surface area contributed by atoms with Gasteiger partial charge in [0.05, 0.1) is 13.2 Å². The Kier molecular flexibility index (Phi) is 6.19. The monoisotopic (exact) mass is 266 g/mol. The van der Waals surface area contributed by atoms with Crippen molar-refractivity contribution in [3.05, 3.63) is 0 Å². The van der Waals surface area contributed by atoms with Crippen LogP contribution in [0.25, 0.3) is 0 Å². The van der Waals surface area contributed by atoms with Crippen LogP contribution in [-0.2, 0) is 19.1 Å². The second-order valence-electron chi connectivity index (χ2n) is 4.14. The highest BCUT2D eigenvalue weighted by atomic mass is 16.6. The van der Waals surface area contributed by atoms with Gasteiger partial charge in [-0.05, 0) is 13.8 Å². The molecule has 18 heavy (non-hydrogen) atoms. The molecular weight excluding hydrogens is 248 g/mol. The van der Waals surface area contributed by atoms with Gasteiger partial charge in [-0.25, -0.2) is 9.59 Å². The molecule has 0 aliphatic rings. The van der Waals surface area contributed by atoms with Crippen molar-refractivity contribution in [3.63, 3.8) is 0 Å². The lowest BCUT2D eigenvalue weighted by atomic mass is 10.1. The van der Waals surface area contributed by atoms with Crippen molar-refractivity contribution >= 4 is 11.9 Å². The third kappa shape index (κ3) is 4.96. The zero-order valence-electron chi connectivity index (χ0n) is 10.3. The zero-order valence-corrected chi connectivity index (χ0v) is 10.3. The molecule has 106 valence electrons. The molecule has 0 heterocycles. The zero-order chi connectivity index (χ0) is 14.4. The number of carbonyl (C=O) groups excluding carboxylic acids is 2. The Labute approximate surface area is 104 Å². The van der Waals surface area contributed by atoms with Crippen LogP contribution in [0, 0.1) is 0 Å². The van der Waals surface area contributed by atoms with Crippen molar-refractivity contribution in [1.82, 2.24) is 0 Å². The topological polar surface area (TPSA) is 134 Å². The first-order chi connectivity index (χ1) is 8.17. The lowest BCUT2D eigenvalue weighted by Gasteiger charge is -2.20. The van der Waals surface area contributed by atoms with Crippen LogP contribution < -0.4 is 0 Å². The van der Waals surface area contributed by atoms with E-state index in [4.69, 9.17) is 10.2 Å². The summed E-state index contributed by atoms with van der Waals surface area (Å²) in [7, 11) is 0. The number of aliphatic hydroxyl groups is 4. The van der Waals surface area contributed by atoms with Gasteiger partial charge in [0.1, 0.15) is 13.2 Å². The van der Waals surface area contributed by atoms with Crippen molar-refractivity contribution in [1.29, 1.82) is 0 Å². The Hall–Kier alpha value is -1.22. The molecule has 0 aromatic carbocycles. The van der Waals surface area contributed by atoms with E-state index in [1.807, 2.05) is 0 Å². The number of carbonyl (C=O) groups is 2. The number of rotatable bonds is 7. The molecule has 2 unspecified atom stereocenters. The molecule has 8 heteroatoms. The summed E-state index contributed by atoms with van der Waals surface area (Å²) < 4.78 is 9.05.